The summed E-state index contributed by atoms with van der Waals surface area (Å²) in [6, 6.07) is 0. The zero-order chi connectivity index (χ0) is 14.6. The molecule has 1 atom stereocenters. The van der Waals surface area contributed by atoms with Gasteiger partial charge < -0.3 is 9.30 Å². The number of hydrogen-bond donors (Lipinski definition) is 1. The molecule has 0 amide bonds. The third-order valence-electron chi connectivity index (χ3n) is 2.48. The van der Waals surface area contributed by atoms with Crippen LogP contribution in [0.25, 0.3) is 0 Å². The number of aromatic nitrogens is 2. The second-order valence-electron chi connectivity index (χ2n) is 3.75. The van der Waals surface area contributed by atoms with Gasteiger partial charge in [-0.1, -0.05) is 15.9 Å². The van der Waals surface area contributed by atoms with E-state index in [2.05, 4.69) is 30.4 Å². The van der Waals surface area contributed by atoms with Crippen molar-refractivity contribution in [2.45, 2.75) is 30.2 Å². The van der Waals surface area contributed by atoms with Crippen molar-refractivity contribution in [2.24, 2.45) is 0 Å². The first kappa shape index (κ1) is 16.1. The Balaban J connectivity index is 2.78. The number of halogens is 1. The number of sulfonamides is 1. The van der Waals surface area contributed by atoms with E-state index >= 15 is 0 Å². The average molecular weight is 354 g/mol. The Hall–Kier alpha value is -0.930. The van der Waals surface area contributed by atoms with Crippen molar-refractivity contribution >= 4 is 31.9 Å². The lowest BCUT2D eigenvalue weighted by molar-refractivity contribution is -0.139. The summed E-state index contributed by atoms with van der Waals surface area (Å²) in [7, 11) is -2.50. The summed E-state index contributed by atoms with van der Waals surface area (Å²) < 4.78 is 32.4. The van der Waals surface area contributed by atoms with E-state index in [9.17, 15) is 13.2 Å². The van der Waals surface area contributed by atoms with E-state index in [1.165, 1.54) is 13.3 Å². The molecule has 0 radical (unpaired) electrons. The first-order chi connectivity index (χ1) is 8.81. The van der Waals surface area contributed by atoms with Gasteiger partial charge in [-0.2, -0.15) is 0 Å². The van der Waals surface area contributed by atoms with Crippen LogP contribution < -0.4 is 4.72 Å². The molecule has 1 unspecified atom stereocenters. The van der Waals surface area contributed by atoms with Crippen molar-refractivity contribution < 1.29 is 17.9 Å². The zero-order valence-corrected chi connectivity index (χ0v) is 13.3. The quantitative estimate of drug-likeness (QED) is 0.591. The van der Waals surface area contributed by atoms with Crippen LogP contribution in [0.3, 0.4) is 0 Å². The monoisotopic (exact) mass is 353 g/mol. The molecule has 0 bridgehead atoms. The van der Waals surface area contributed by atoms with Gasteiger partial charge >= 0.3 is 5.97 Å². The first-order valence-electron chi connectivity index (χ1n) is 5.57. The molecule has 7 nitrogen and oxygen atoms in total. The SMILES string of the molecule is CCn1cc(S(=O)(=O)NCC(Br)C(=O)OC)nc1C. The molecule has 1 heterocycles. The molecular weight excluding hydrogens is 338 g/mol. The number of nitrogens with zero attached hydrogens (tertiary/aromatic N) is 2. The minimum atomic E-state index is -3.73. The molecule has 1 N–H and O–H groups in total. The molecule has 0 spiro atoms. The van der Waals surface area contributed by atoms with Gasteiger partial charge in [0.1, 0.15) is 10.7 Å². The lowest BCUT2D eigenvalue weighted by atomic mass is 10.4. The number of esters is 1. The molecule has 1 rings (SSSR count). The van der Waals surface area contributed by atoms with E-state index in [4.69, 9.17) is 0 Å². The van der Waals surface area contributed by atoms with Gasteiger partial charge in [-0.05, 0) is 13.8 Å². The van der Waals surface area contributed by atoms with Crippen LogP contribution in [0.15, 0.2) is 11.2 Å². The summed E-state index contributed by atoms with van der Waals surface area (Å²) in [6.45, 7) is 4.15. The minimum absolute atomic E-state index is 0.0589. The number of carbonyl (C=O) groups is 1. The van der Waals surface area contributed by atoms with Gasteiger partial charge in [0, 0.05) is 19.3 Å². The Morgan fingerprint density at radius 3 is 2.74 bits per heavy atom. The highest BCUT2D eigenvalue weighted by molar-refractivity contribution is 9.10. The van der Waals surface area contributed by atoms with Crippen LogP contribution in [0.4, 0.5) is 0 Å². The number of alkyl halides is 1. The molecule has 0 aliphatic rings. The van der Waals surface area contributed by atoms with E-state index in [1.54, 1.807) is 11.5 Å². The van der Waals surface area contributed by atoms with Crippen LogP contribution >= 0.6 is 15.9 Å². The fourth-order valence-electron chi connectivity index (χ4n) is 1.40. The summed E-state index contributed by atoms with van der Waals surface area (Å²) >= 11 is 3.03. The van der Waals surface area contributed by atoms with Gasteiger partial charge in [0.15, 0.2) is 5.03 Å². The molecule has 0 saturated carbocycles. The van der Waals surface area contributed by atoms with Gasteiger partial charge in [-0.15, -0.1) is 0 Å². The van der Waals surface area contributed by atoms with Gasteiger partial charge in [0.05, 0.1) is 7.11 Å². The van der Waals surface area contributed by atoms with Crippen molar-refractivity contribution in [3.63, 3.8) is 0 Å². The molecular formula is C10H16BrN3O4S. The molecule has 9 heteroatoms. The lowest BCUT2D eigenvalue weighted by Gasteiger charge is -2.08. The van der Waals surface area contributed by atoms with Crippen molar-refractivity contribution in [2.75, 3.05) is 13.7 Å². The molecule has 1 aromatic heterocycles. The average Bonchev–Trinajstić information content (AvgIpc) is 2.77. The number of hydrogen-bond acceptors (Lipinski definition) is 5. The fraction of sp³-hybridized carbons (Fsp3) is 0.600. The third-order valence-corrected chi connectivity index (χ3v) is 4.47. The maximum Gasteiger partial charge on any atom is 0.320 e. The molecule has 0 saturated heterocycles. The highest BCUT2D eigenvalue weighted by atomic mass is 79.9. The Morgan fingerprint density at radius 2 is 2.26 bits per heavy atom. The molecule has 0 aliphatic heterocycles. The highest BCUT2D eigenvalue weighted by Crippen LogP contribution is 2.10. The predicted octanol–water partition coefficient (Wildman–Crippen LogP) is 0.426. The Bertz CT molecular complexity index is 555. The number of carbonyl (C=O) groups excluding carboxylic acids is 1. The normalized spacial score (nSPS) is 13.3. The largest absolute Gasteiger partial charge is 0.468 e. The topological polar surface area (TPSA) is 90.3 Å². The summed E-state index contributed by atoms with van der Waals surface area (Å²) in [6.07, 6.45) is 1.46. The molecule has 0 aliphatic carbocycles. The maximum atomic E-state index is 12.0. The van der Waals surface area contributed by atoms with Crippen LogP contribution in [-0.2, 0) is 26.1 Å². The molecule has 0 fully saturated rings. The van der Waals surface area contributed by atoms with Crippen LogP contribution in [0.5, 0.6) is 0 Å². The number of ether oxygens (including phenoxy) is 1. The Labute approximate surface area is 120 Å². The summed E-state index contributed by atoms with van der Waals surface area (Å²) in [5.41, 5.74) is 0. The summed E-state index contributed by atoms with van der Waals surface area (Å²) in [5.74, 6) is 0.0733. The van der Waals surface area contributed by atoms with Gasteiger partial charge in [0.25, 0.3) is 10.0 Å². The fourth-order valence-corrected chi connectivity index (χ4v) is 3.01. The van der Waals surface area contributed by atoms with E-state index in [-0.39, 0.29) is 11.6 Å². The Kier molecular flexibility index (Phi) is 5.50. The van der Waals surface area contributed by atoms with Crippen LogP contribution in [0.1, 0.15) is 12.7 Å². The first-order valence-corrected chi connectivity index (χ1v) is 7.97. The molecule has 0 aromatic carbocycles. The van der Waals surface area contributed by atoms with E-state index in [0.717, 1.165) is 0 Å². The molecule has 1 aromatic rings. The van der Waals surface area contributed by atoms with E-state index in [0.29, 0.717) is 12.4 Å². The number of nitrogens with one attached hydrogen (secondary N) is 1. The van der Waals surface area contributed by atoms with Crippen LogP contribution in [0, 0.1) is 6.92 Å². The summed E-state index contributed by atoms with van der Waals surface area (Å²) in [5, 5.41) is -0.0589. The zero-order valence-electron chi connectivity index (χ0n) is 10.9. The Morgan fingerprint density at radius 1 is 1.63 bits per heavy atom. The smallest absolute Gasteiger partial charge is 0.320 e. The standard InChI is InChI=1S/C10H16BrN3O4S/c1-4-14-6-9(13-7(14)2)19(16,17)12-5-8(11)10(15)18-3/h6,8,12H,4-5H2,1-3H3. The van der Waals surface area contributed by atoms with Gasteiger partial charge in [-0.3, -0.25) is 4.79 Å². The lowest BCUT2D eigenvalue weighted by Crippen LogP contribution is -2.34. The third kappa shape index (κ3) is 4.02. The van der Waals surface area contributed by atoms with Crippen molar-refractivity contribution in [3.8, 4) is 0 Å². The maximum absolute atomic E-state index is 12.0. The summed E-state index contributed by atoms with van der Waals surface area (Å²) in [4.78, 5) is 14.4. The van der Waals surface area contributed by atoms with Crippen molar-refractivity contribution in [1.29, 1.82) is 0 Å². The minimum Gasteiger partial charge on any atom is -0.468 e. The molecule has 108 valence electrons. The van der Waals surface area contributed by atoms with E-state index < -0.39 is 20.8 Å². The highest BCUT2D eigenvalue weighted by Gasteiger charge is 2.22. The van der Waals surface area contributed by atoms with Crippen molar-refractivity contribution in [3.05, 3.63) is 12.0 Å². The van der Waals surface area contributed by atoms with Gasteiger partial charge in [-0.25, -0.2) is 18.1 Å². The number of rotatable bonds is 6. The molecule has 19 heavy (non-hydrogen) atoms. The predicted molar refractivity (Wildman–Crippen MR) is 72.6 cm³/mol. The van der Waals surface area contributed by atoms with Crippen LogP contribution in [-0.4, -0.2) is 42.4 Å². The number of imidazole rings is 1. The van der Waals surface area contributed by atoms with Crippen molar-refractivity contribution in [1.82, 2.24) is 14.3 Å². The van der Waals surface area contributed by atoms with E-state index in [1.807, 2.05) is 6.92 Å². The van der Waals surface area contributed by atoms with Crippen LogP contribution in [0.2, 0.25) is 0 Å². The number of aryl methyl sites for hydroxylation is 2. The number of methoxy groups -OCH3 is 1. The second-order valence-corrected chi connectivity index (χ2v) is 6.57. The second kappa shape index (κ2) is 6.49. The van der Waals surface area contributed by atoms with Gasteiger partial charge in [0.2, 0.25) is 0 Å².